The van der Waals surface area contributed by atoms with Crippen LogP contribution in [0.3, 0.4) is 0 Å². The summed E-state index contributed by atoms with van der Waals surface area (Å²) >= 11 is 0. The lowest BCUT2D eigenvalue weighted by Gasteiger charge is -2.02. The Kier molecular flexibility index (Phi) is 3.63. The Bertz CT molecular complexity index is 323. The maximum absolute atomic E-state index is 10.9. The van der Waals surface area contributed by atoms with Crippen LogP contribution in [0.5, 0.6) is 5.75 Å². The summed E-state index contributed by atoms with van der Waals surface area (Å²) in [6.07, 6.45) is -1.08. The van der Waals surface area contributed by atoms with Gasteiger partial charge in [-0.05, 0) is 12.1 Å². The van der Waals surface area contributed by atoms with Crippen molar-refractivity contribution in [2.75, 3.05) is 6.54 Å². The number of hydrogen-bond acceptors (Lipinski definition) is 5. The third kappa shape index (κ3) is 3.24. The summed E-state index contributed by atoms with van der Waals surface area (Å²) in [7, 11) is 0. The van der Waals surface area contributed by atoms with Crippen molar-refractivity contribution in [2.45, 2.75) is 0 Å². The fourth-order valence-electron chi connectivity index (χ4n) is 0.740. The van der Waals surface area contributed by atoms with Gasteiger partial charge < -0.3 is 15.2 Å². The van der Waals surface area contributed by atoms with E-state index >= 15 is 0 Å². The molecule has 0 radical (unpaired) electrons. The number of para-hydroxylation sites is 1. The van der Waals surface area contributed by atoms with E-state index in [0.29, 0.717) is 5.75 Å². The molecule has 0 fully saturated rings. The highest BCUT2D eigenvalue weighted by atomic mass is 16.7. The van der Waals surface area contributed by atoms with Crippen molar-refractivity contribution in [1.82, 2.24) is 0 Å². The van der Waals surface area contributed by atoms with E-state index in [9.17, 15) is 9.59 Å². The van der Waals surface area contributed by atoms with Gasteiger partial charge in [0, 0.05) is 0 Å². The van der Waals surface area contributed by atoms with E-state index in [2.05, 4.69) is 9.47 Å². The minimum Gasteiger partial charge on any atom is -0.395 e. The van der Waals surface area contributed by atoms with Crippen LogP contribution in [0.25, 0.3) is 0 Å². The van der Waals surface area contributed by atoms with Crippen LogP contribution in [-0.2, 0) is 9.53 Å². The van der Waals surface area contributed by atoms with E-state index in [1.54, 1.807) is 30.3 Å². The molecule has 0 spiro atoms. The maximum atomic E-state index is 10.9. The standard InChI is InChI=1S/C9H9NO4/c10-6-8(11)14-9(12)13-7-4-2-1-3-5-7/h1-5H,6,10H2. The molecule has 0 amide bonds. The van der Waals surface area contributed by atoms with Crippen molar-refractivity contribution < 1.29 is 19.1 Å². The summed E-state index contributed by atoms with van der Waals surface area (Å²) in [4.78, 5) is 21.4. The molecule has 1 aromatic carbocycles. The Hall–Kier alpha value is -1.88. The number of benzene rings is 1. The van der Waals surface area contributed by atoms with Gasteiger partial charge in [-0.1, -0.05) is 18.2 Å². The predicted octanol–water partition coefficient (Wildman–Crippen LogP) is 0.687. The monoisotopic (exact) mass is 195 g/mol. The van der Waals surface area contributed by atoms with E-state index in [1.165, 1.54) is 0 Å². The van der Waals surface area contributed by atoms with Crippen LogP contribution in [0, 0.1) is 0 Å². The third-order valence-electron chi connectivity index (χ3n) is 1.31. The first-order valence-electron chi connectivity index (χ1n) is 3.90. The normalized spacial score (nSPS) is 9.21. The second-order valence-electron chi connectivity index (χ2n) is 2.34. The molecule has 0 unspecified atom stereocenters. The van der Waals surface area contributed by atoms with Crippen LogP contribution >= 0.6 is 0 Å². The fourth-order valence-corrected chi connectivity index (χ4v) is 0.740. The molecular formula is C9H9NO4. The van der Waals surface area contributed by atoms with Crippen molar-refractivity contribution in [3.8, 4) is 5.75 Å². The van der Waals surface area contributed by atoms with Crippen molar-refractivity contribution in [3.63, 3.8) is 0 Å². The predicted molar refractivity (Wildman–Crippen MR) is 47.6 cm³/mol. The van der Waals surface area contributed by atoms with Crippen molar-refractivity contribution in [3.05, 3.63) is 30.3 Å². The van der Waals surface area contributed by atoms with Crippen molar-refractivity contribution in [1.29, 1.82) is 0 Å². The third-order valence-corrected chi connectivity index (χ3v) is 1.31. The van der Waals surface area contributed by atoms with Gasteiger partial charge in [0.1, 0.15) is 5.75 Å². The average molecular weight is 195 g/mol. The van der Waals surface area contributed by atoms with Gasteiger partial charge in [0.2, 0.25) is 0 Å². The van der Waals surface area contributed by atoms with Gasteiger partial charge >= 0.3 is 12.1 Å². The highest BCUT2D eigenvalue weighted by molar-refractivity contribution is 5.83. The van der Waals surface area contributed by atoms with Gasteiger partial charge in [-0.3, -0.25) is 4.79 Å². The van der Waals surface area contributed by atoms with Gasteiger partial charge in [-0.15, -0.1) is 0 Å². The Morgan fingerprint density at radius 2 is 1.86 bits per heavy atom. The molecule has 5 nitrogen and oxygen atoms in total. The first-order chi connectivity index (χ1) is 6.72. The van der Waals surface area contributed by atoms with E-state index in [1.807, 2.05) is 0 Å². The van der Waals surface area contributed by atoms with Gasteiger partial charge in [-0.2, -0.15) is 0 Å². The largest absolute Gasteiger partial charge is 0.521 e. The summed E-state index contributed by atoms with van der Waals surface area (Å²) in [5, 5.41) is 0. The number of carbonyl (C=O) groups excluding carboxylic acids is 2. The molecule has 2 N–H and O–H groups in total. The highest BCUT2D eigenvalue weighted by Gasteiger charge is 2.10. The molecule has 0 aromatic heterocycles. The van der Waals surface area contributed by atoms with Crippen LogP contribution in [0.1, 0.15) is 0 Å². The first kappa shape index (κ1) is 10.2. The van der Waals surface area contributed by atoms with Gasteiger partial charge in [0.25, 0.3) is 0 Å². The van der Waals surface area contributed by atoms with Gasteiger partial charge in [0.05, 0.1) is 6.54 Å². The lowest BCUT2D eigenvalue weighted by atomic mass is 10.3. The second kappa shape index (κ2) is 4.98. The maximum Gasteiger partial charge on any atom is 0.521 e. The van der Waals surface area contributed by atoms with Crippen LogP contribution in [0.4, 0.5) is 4.79 Å². The Morgan fingerprint density at radius 3 is 2.43 bits per heavy atom. The zero-order valence-electron chi connectivity index (χ0n) is 7.30. The van der Waals surface area contributed by atoms with E-state index in [-0.39, 0.29) is 6.54 Å². The zero-order chi connectivity index (χ0) is 10.4. The lowest BCUT2D eigenvalue weighted by Crippen LogP contribution is -2.22. The topological polar surface area (TPSA) is 78.6 Å². The number of carbonyl (C=O) groups is 2. The molecule has 74 valence electrons. The first-order valence-corrected chi connectivity index (χ1v) is 3.90. The second-order valence-corrected chi connectivity index (χ2v) is 2.34. The molecule has 0 aliphatic carbocycles. The van der Waals surface area contributed by atoms with Crippen molar-refractivity contribution in [2.24, 2.45) is 5.73 Å². The van der Waals surface area contributed by atoms with Crippen LogP contribution < -0.4 is 10.5 Å². The number of rotatable bonds is 2. The summed E-state index contributed by atoms with van der Waals surface area (Å²) in [6, 6.07) is 8.27. The molecule has 14 heavy (non-hydrogen) atoms. The van der Waals surface area contributed by atoms with E-state index in [0.717, 1.165) is 0 Å². The van der Waals surface area contributed by atoms with Crippen LogP contribution in [-0.4, -0.2) is 18.7 Å². The number of esters is 1. The van der Waals surface area contributed by atoms with Crippen LogP contribution in [0.2, 0.25) is 0 Å². The molecule has 0 atom stereocenters. The molecule has 1 rings (SSSR count). The molecule has 0 saturated carbocycles. The summed E-state index contributed by atoms with van der Waals surface area (Å²) in [5.74, 6) is -0.520. The lowest BCUT2D eigenvalue weighted by molar-refractivity contribution is -0.137. The van der Waals surface area contributed by atoms with Crippen LogP contribution in [0.15, 0.2) is 30.3 Å². The Labute approximate surface area is 80.4 Å². The fraction of sp³-hybridized carbons (Fsp3) is 0.111. The number of nitrogens with two attached hydrogens (primary N) is 1. The zero-order valence-corrected chi connectivity index (χ0v) is 7.30. The Morgan fingerprint density at radius 1 is 1.21 bits per heavy atom. The molecule has 1 aromatic rings. The smallest absolute Gasteiger partial charge is 0.395 e. The number of ether oxygens (including phenoxy) is 2. The molecule has 0 aliphatic heterocycles. The summed E-state index contributed by atoms with van der Waals surface area (Å²) in [5.41, 5.74) is 4.93. The SMILES string of the molecule is NCC(=O)OC(=O)Oc1ccccc1. The van der Waals surface area contributed by atoms with E-state index in [4.69, 9.17) is 5.73 Å². The molecule has 0 heterocycles. The quantitative estimate of drug-likeness (QED) is 0.426. The van der Waals surface area contributed by atoms with Gasteiger partial charge in [-0.25, -0.2) is 4.79 Å². The number of hydrogen-bond donors (Lipinski definition) is 1. The summed E-state index contributed by atoms with van der Waals surface area (Å²) < 4.78 is 8.83. The molecule has 5 heteroatoms. The minimum absolute atomic E-state index is 0.308. The molecule has 0 saturated heterocycles. The highest BCUT2D eigenvalue weighted by Crippen LogP contribution is 2.08. The summed E-state index contributed by atoms with van der Waals surface area (Å²) in [6.45, 7) is -0.357. The Balaban J connectivity index is 2.46. The minimum atomic E-state index is -1.08. The molecule has 0 aliphatic rings. The average Bonchev–Trinajstić information content (AvgIpc) is 2.19. The molecule has 0 bridgehead atoms. The van der Waals surface area contributed by atoms with E-state index < -0.39 is 12.1 Å². The van der Waals surface area contributed by atoms with Gasteiger partial charge in [0.15, 0.2) is 0 Å². The van der Waals surface area contributed by atoms with Crippen molar-refractivity contribution >= 4 is 12.1 Å². The molecular weight excluding hydrogens is 186 g/mol.